The minimum absolute atomic E-state index is 0.0746. The van der Waals surface area contributed by atoms with Gasteiger partial charge in [0.25, 0.3) is 0 Å². The van der Waals surface area contributed by atoms with Crippen LogP contribution in [0, 0.1) is 0 Å². The molecule has 0 aromatic heterocycles. The molecule has 2 aromatic carbocycles. The van der Waals surface area contributed by atoms with Gasteiger partial charge in [-0.15, -0.1) is 0 Å². The van der Waals surface area contributed by atoms with Crippen molar-refractivity contribution < 1.29 is 29.6 Å². The third kappa shape index (κ3) is 5.19. The fraction of sp³-hybridized carbons (Fsp3) is 0.200. The van der Waals surface area contributed by atoms with Gasteiger partial charge in [0, 0.05) is 17.2 Å². The van der Waals surface area contributed by atoms with Crippen LogP contribution in [0.3, 0.4) is 0 Å². The van der Waals surface area contributed by atoms with Crippen molar-refractivity contribution in [2.24, 2.45) is 0 Å². The summed E-state index contributed by atoms with van der Waals surface area (Å²) in [5.41, 5.74) is 0.766. The number of carbonyl (C=O) groups excluding carboxylic acids is 1. The van der Waals surface area contributed by atoms with Crippen LogP contribution in [-0.2, 0) is 4.79 Å². The number of carboxylic acids is 1. The third-order valence-corrected chi connectivity index (χ3v) is 3.73. The summed E-state index contributed by atoms with van der Waals surface area (Å²) in [4.78, 5) is 23.0. The number of aliphatic carboxylic acids is 1. The van der Waals surface area contributed by atoms with Crippen molar-refractivity contribution >= 4 is 11.8 Å². The van der Waals surface area contributed by atoms with E-state index < -0.39 is 12.1 Å². The maximum atomic E-state index is 12.4. The van der Waals surface area contributed by atoms with Gasteiger partial charge in [0.1, 0.15) is 18.1 Å². The zero-order valence-corrected chi connectivity index (χ0v) is 14.3. The van der Waals surface area contributed by atoms with Gasteiger partial charge in [-0.3, -0.25) is 4.79 Å². The number of aromatic hydroxyl groups is 1. The number of hydrogen-bond donors (Lipinski definition) is 3. The Morgan fingerprint density at radius 1 is 1.15 bits per heavy atom. The number of ether oxygens (including phenoxy) is 1. The molecular formula is C20H20O6. The molecule has 0 spiro atoms. The highest BCUT2D eigenvalue weighted by atomic mass is 16.5. The predicted octanol–water partition coefficient (Wildman–Crippen LogP) is 2.78. The van der Waals surface area contributed by atoms with Crippen molar-refractivity contribution in [3.05, 3.63) is 71.3 Å². The average Bonchev–Trinajstić information content (AvgIpc) is 2.64. The van der Waals surface area contributed by atoms with E-state index in [4.69, 9.17) is 9.84 Å². The lowest BCUT2D eigenvalue weighted by Crippen LogP contribution is -2.17. The summed E-state index contributed by atoms with van der Waals surface area (Å²) in [6.07, 6.45) is 0.654. The minimum atomic E-state index is -1.04. The molecule has 0 aliphatic rings. The number of aliphatic hydroxyl groups is 1. The number of phenolic OH excluding ortho intramolecular Hbond substituents is 1. The van der Waals surface area contributed by atoms with E-state index in [0.29, 0.717) is 11.3 Å². The van der Waals surface area contributed by atoms with E-state index in [1.807, 2.05) is 0 Å². The zero-order valence-electron chi connectivity index (χ0n) is 14.3. The molecular weight excluding hydrogens is 336 g/mol. The maximum Gasteiger partial charge on any atom is 0.330 e. The molecule has 0 saturated carbocycles. The van der Waals surface area contributed by atoms with Crippen LogP contribution in [0.4, 0.5) is 0 Å². The number of benzene rings is 2. The molecule has 0 saturated heterocycles. The molecule has 26 heavy (non-hydrogen) atoms. The number of rotatable bonds is 8. The van der Waals surface area contributed by atoms with Crippen LogP contribution < -0.4 is 4.74 Å². The van der Waals surface area contributed by atoms with E-state index in [-0.39, 0.29) is 35.7 Å². The first-order chi connectivity index (χ1) is 12.4. The van der Waals surface area contributed by atoms with E-state index in [9.17, 15) is 19.8 Å². The second-order valence-corrected chi connectivity index (χ2v) is 5.77. The minimum Gasteiger partial charge on any atom is -0.507 e. The van der Waals surface area contributed by atoms with Crippen molar-refractivity contribution in [3.63, 3.8) is 0 Å². The summed E-state index contributed by atoms with van der Waals surface area (Å²) in [6.45, 7) is 1.37. The zero-order chi connectivity index (χ0) is 19.1. The van der Waals surface area contributed by atoms with Crippen LogP contribution in [0.15, 0.2) is 60.2 Å². The van der Waals surface area contributed by atoms with Gasteiger partial charge in [-0.05, 0) is 25.5 Å². The molecule has 6 nitrogen and oxygen atoms in total. The van der Waals surface area contributed by atoms with Gasteiger partial charge in [0.05, 0.1) is 11.7 Å². The molecule has 0 fully saturated rings. The first kappa shape index (κ1) is 19.2. The molecule has 136 valence electrons. The highest BCUT2D eigenvalue weighted by molar-refractivity contribution is 6.10. The van der Waals surface area contributed by atoms with Crippen molar-refractivity contribution in [3.8, 4) is 11.5 Å². The van der Waals surface area contributed by atoms with Gasteiger partial charge in [-0.25, -0.2) is 4.79 Å². The molecule has 2 rings (SSSR count). The first-order valence-electron chi connectivity index (χ1n) is 8.02. The fourth-order valence-electron chi connectivity index (χ4n) is 2.20. The Kier molecular flexibility index (Phi) is 6.52. The predicted molar refractivity (Wildman–Crippen MR) is 95.5 cm³/mol. The van der Waals surface area contributed by atoms with E-state index in [0.717, 1.165) is 0 Å². The van der Waals surface area contributed by atoms with Gasteiger partial charge in [-0.1, -0.05) is 36.4 Å². The van der Waals surface area contributed by atoms with Crippen molar-refractivity contribution in [1.82, 2.24) is 0 Å². The lowest BCUT2D eigenvalue weighted by molar-refractivity contribution is -0.132. The molecule has 0 radical (unpaired) electrons. The number of ketones is 1. The van der Waals surface area contributed by atoms with Gasteiger partial charge in [-0.2, -0.15) is 0 Å². The van der Waals surface area contributed by atoms with Crippen LogP contribution in [0.5, 0.6) is 11.5 Å². The molecule has 0 aliphatic heterocycles. The van der Waals surface area contributed by atoms with Crippen LogP contribution >= 0.6 is 0 Å². The van der Waals surface area contributed by atoms with Gasteiger partial charge in [0.2, 0.25) is 0 Å². The molecule has 2 aromatic rings. The van der Waals surface area contributed by atoms with E-state index in [2.05, 4.69) is 0 Å². The van der Waals surface area contributed by atoms with E-state index in [1.165, 1.54) is 31.2 Å². The molecule has 1 unspecified atom stereocenters. The molecule has 0 heterocycles. The lowest BCUT2D eigenvalue weighted by Gasteiger charge is -2.12. The molecule has 0 amide bonds. The highest BCUT2D eigenvalue weighted by Crippen LogP contribution is 2.26. The second kappa shape index (κ2) is 8.82. The summed E-state index contributed by atoms with van der Waals surface area (Å²) in [6, 6.07) is 12.9. The van der Waals surface area contributed by atoms with Gasteiger partial charge < -0.3 is 20.1 Å². The van der Waals surface area contributed by atoms with Crippen LogP contribution in [-0.4, -0.2) is 39.8 Å². The van der Waals surface area contributed by atoms with Gasteiger partial charge >= 0.3 is 5.97 Å². The quantitative estimate of drug-likeness (QED) is 0.496. The molecule has 3 N–H and O–H groups in total. The average molecular weight is 356 g/mol. The Hall–Kier alpha value is -3.12. The summed E-state index contributed by atoms with van der Waals surface area (Å²) in [5, 5.41) is 28.7. The number of carbonyl (C=O) groups is 2. The SMILES string of the molecule is CC(=CCC(O)COc1ccc(C(=O)c2ccccc2)c(O)c1)C(=O)O. The molecule has 0 bridgehead atoms. The second-order valence-electron chi connectivity index (χ2n) is 5.77. The van der Waals surface area contributed by atoms with E-state index in [1.54, 1.807) is 30.3 Å². The van der Waals surface area contributed by atoms with Crippen LogP contribution in [0.25, 0.3) is 0 Å². The Balaban J connectivity index is 1.98. The van der Waals surface area contributed by atoms with Crippen molar-refractivity contribution in [1.29, 1.82) is 0 Å². The number of hydrogen-bond acceptors (Lipinski definition) is 5. The van der Waals surface area contributed by atoms with Gasteiger partial charge in [0.15, 0.2) is 5.78 Å². The molecule has 6 heteroatoms. The topological polar surface area (TPSA) is 104 Å². The Morgan fingerprint density at radius 2 is 1.85 bits per heavy atom. The maximum absolute atomic E-state index is 12.4. The normalized spacial score (nSPS) is 12.5. The standard InChI is InChI=1S/C20H20O6/c1-13(20(24)25)7-8-15(21)12-26-16-9-10-17(18(22)11-16)19(23)14-5-3-2-4-6-14/h2-7,9-11,15,21-22H,8,12H2,1H3,(H,24,25). The first-order valence-corrected chi connectivity index (χ1v) is 8.02. The molecule has 1 atom stereocenters. The van der Waals surface area contributed by atoms with Crippen LogP contribution in [0.1, 0.15) is 29.3 Å². The highest BCUT2D eigenvalue weighted by Gasteiger charge is 2.14. The Labute approximate surface area is 151 Å². The van der Waals surface area contributed by atoms with Crippen LogP contribution in [0.2, 0.25) is 0 Å². The van der Waals surface area contributed by atoms with E-state index >= 15 is 0 Å². The monoisotopic (exact) mass is 356 g/mol. The lowest BCUT2D eigenvalue weighted by atomic mass is 10.0. The smallest absolute Gasteiger partial charge is 0.330 e. The summed E-state index contributed by atoms with van der Waals surface area (Å²) < 4.78 is 5.38. The largest absolute Gasteiger partial charge is 0.507 e. The van der Waals surface area contributed by atoms with Crippen molar-refractivity contribution in [2.45, 2.75) is 19.4 Å². The number of phenols is 1. The fourth-order valence-corrected chi connectivity index (χ4v) is 2.20. The third-order valence-electron chi connectivity index (χ3n) is 3.73. The summed E-state index contributed by atoms with van der Waals surface area (Å²) in [7, 11) is 0. The Bertz CT molecular complexity index is 810. The summed E-state index contributed by atoms with van der Waals surface area (Å²) >= 11 is 0. The Morgan fingerprint density at radius 3 is 2.46 bits per heavy atom. The number of carboxylic acid groups (broad SMARTS) is 1. The molecule has 0 aliphatic carbocycles. The number of aliphatic hydroxyl groups excluding tert-OH is 1. The van der Waals surface area contributed by atoms with Crippen molar-refractivity contribution in [2.75, 3.05) is 6.61 Å². The summed E-state index contributed by atoms with van der Waals surface area (Å²) in [5.74, 6) is -1.26.